The summed E-state index contributed by atoms with van der Waals surface area (Å²) in [6, 6.07) is 10.8. The van der Waals surface area contributed by atoms with E-state index in [-0.39, 0.29) is 5.54 Å². The van der Waals surface area contributed by atoms with Gasteiger partial charge in [0.1, 0.15) is 11.6 Å². The van der Waals surface area contributed by atoms with Crippen LogP contribution in [0.25, 0.3) is 0 Å². The van der Waals surface area contributed by atoms with Crippen LogP contribution in [0.5, 0.6) is 0 Å². The van der Waals surface area contributed by atoms with Gasteiger partial charge < -0.3 is 16.2 Å². The van der Waals surface area contributed by atoms with E-state index in [0.717, 1.165) is 30.0 Å². The minimum atomic E-state index is -0.753. The van der Waals surface area contributed by atoms with Gasteiger partial charge in [-0.2, -0.15) is 0 Å². The van der Waals surface area contributed by atoms with Crippen molar-refractivity contribution < 1.29 is 13.9 Å². The van der Waals surface area contributed by atoms with Crippen molar-refractivity contribution in [2.75, 3.05) is 6.54 Å². The van der Waals surface area contributed by atoms with Crippen LogP contribution in [0.15, 0.2) is 42.5 Å². The first-order valence-electron chi connectivity index (χ1n) is 9.13. The highest BCUT2D eigenvalue weighted by Crippen LogP contribution is 2.45. The molecule has 0 aliphatic heterocycles. The van der Waals surface area contributed by atoms with Crippen molar-refractivity contribution in [3.63, 3.8) is 0 Å². The van der Waals surface area contributed by atoms with Crippen molar-refractivity contribution in [2.24, 2.45) is 5.73 Å². The molecule has 27 heavy (non-hydrogen) atoms. The molecule has 3 nitrogen and oxygen atoms in total. The Morgan fingerprint density at radius 3 is 2.52 bits per heavy atom. The third-order valence-electron chi connectivity index (χ3n) is 5.16. The van der Waals surface area contributed by atoms with Crippen molar-refractivity contribution in [2.45, 2.75) is 43.4 Å². The molecule has 1 aliphatic carbocycles. The first-order chi connectivity index (χ1) is 12.9. The zero-order valence-corrected chi connectivity index (χ0v) is 15.1. The quantitative estimate of drug-likeness (QED) is 0.627. The second-order valence-electron chi connectivity index (χ2n) is 7.24. The van der Waals surface area contributed by atoms with Gasteiger partial charge >= 0.3 is 0 Å². The molecule has 0 aromatic heterocycles. The number of hydrogen-bond acceptors (Lipinski definition) is 3. The molecule has 4 N–H and O–H groups in total. The third-order valence-corrected chi connectivity index (χ3v) is 5.16. The lowest BCUT2D eigenvalue weighted by molar-refractivity contribution is 0.133. The van der Waals surface area contributed by atoms with Gasteiger partial charge in [0.25, 0.3) is 0 Å². The maximum atomic E-state index is 13.2. The van der Waals surface area contributed by atoms with Crippen LogP contribution in [0.4, 0.5) is 8.78 Å². The first kappa shape index (κ1) is 19.5. The summed E-state index contributed by atoms with van der Waals surface area (Å²) in [6.45, 7) is 0.346. The Kier molecular flexibility index (Phi) is 5.91. The number of benzene rings is 2. The number of nitrogens with one attached hydrogen (secondary N) is 1. The van der Waals surface area contributed by atoms with Crippen molar-refractivity contribution in [3.8, 4) is 12.3 Å². The zero-order chi connectivity index (χ0) is 19.4. The Morgan fingerprint density at radius 1 is 1.19 bits per heavy atom. The largest absolute Gasteiger partial charge is 0.390 e. The van der Waals surface area contributed by atoms with Gasteiger partial charge in [-0.1, -0.05) is 18.1 Å². The van der Waals surface area contributed by atoms with Crippen LogP contribution >= 0.6 is 0 Å². The molecule has 3 rings (SSSR count). The predicted octanol–water partition coefficient (Wildman–Crippen LogP) is 2.85. The van der Waals surface area contributed by atoms with Crippen LogP contribution in [0, 0.1) is 24.0 Å². The summed E-state index contributed by atoms with van der Waals surface area (Å²) in [5, 5.41) is 13.8. The van der Waals surface area contributed by atoms with E-state index in [4.69, 9.17) is 12.2 Å². The second kappa shape index (κ2) is 8.18. The topological polar surface area (TPSA) is 58.3 Å². The van der Waals surface area contributed by atoms with Crippen LogP contribution in [-0.2, 0) is 12.0 Å². The van der Waals surface area contributed by atoms with Crippen molar-refractivity contribution in [3.05, 3.63) is 70.8 Å². The summed E-state index contributed by atoms with van der Waals surface area (Å²) in [5.41, 5.74) is 8.41. The normalized spacial score (nSPS) is 17.1. The Bertz CT molecular complexity index is 822. The molecule has 2 aromatic carbocycles. The average Bonchev–Trinajstić information content (AvgIpc) is 3.44. The van der Waals surface area contributed by atoms with Crippen LogP contribution in [0.3, 0.4) is 0 Å². The molecule has 0 saturated heterocycles. The number of halogens is 2. The smallest absolute Gasteiger partial charge is 0.126 e. The summed E-state index contributed by atoms with van der Waals surface area (Å²) < 4.78 is 26.5. The van der Waals surface area contributed by atoms with Gasteiger partial charge in [-0.15, -0.1) is 6.42 Å². The lowest BCUT2D eigenvalue weighted by atomic mass is 9.99. The SMILES string of the molecule is C#Cc1cccc(C2(NC[C@@H](O)[C@@H](N)CCc3cc(F)cc(F)c3)CC2)c1. The van der Waals surface area contributed by atoms with Crippen molar-refractivity contribution in [1.82, 2.24) is 5.32 Å². The summed E-state index contributed by atoms with van der Waals surface area (Å²) in [7, 11) is 0. The van der Waals surface area contributed by atoms with E-state index in [2.05, 4.69) is 11.2 Å². The molecule has 0 heterocycles. The molecule has 0 unspecified atom stereocenters. The molecule has 0 bridgehead atoms. The highest BCUT2D eigenvalue weighted by Gasteiger charge is 2.44. The van der Waals surface area contributed by atoms with Gasteiger partial charge in [0.05, 0.1) is 6.10 Å². The molecule has 1 saturated carbocycles. The number of terminal acetylenes is 1. The molecule has 0 spiro atoms. The number of nitrogens with two attached hydrogens (primary N) is 1. The maximum Gasteiger partial charge on any atom is 0.126 e. The number of rotatable bonds is 8. The average molecular weight is 370 g/mol. The van der Waals surface area contributed by atoms with E-state index in [9.17, 15) is 13.9 Å². The number of aliphatic hydroxyl groups is 1. The monoisotopic (exact) mass is 370 g/mol. The molecule has 2 aromatic rings. The fourth-order valence-corrected chi connectivity index (χ4v) is 3.33. The van der Waals surface area contributed by atoms with Gasteiger partial charge in [0.15, 0.2) is 0 Å². The highest BCUT2D eigenvalue weighted by atomic mass is 19.1. The summed E-state index contributed by atoms with van der Waals surface area (Å²) in [6.07, 6.45) is 7.51. The van der Waals surface area contributed by atoms with Gasteiger partial charge in [0, 0.05) is 29.8 Å². The van der Waals surface area contributed by atoms with E-state index in [1.807, 2.05) is 24.3 Å². The number of aryl methyl sites for hydroxylation is 1. The minimum absolute atomic E-state index is 0.154. The Morgan fingerprint density at radius 2 is 1.89 bits per heavy atom. The van der Waals surface area contributed by atoms with Crippen molar-refractivity contribution in [1.29, 1.82) is 0 Å². The van der Waals surface area contributed by atoms with E-state index in [1.165, 1.54) is 12.1 Å². The standard InChI is InChI=1S/C22H24F2N2O/c1-2-15-4-3-5-17(10-15)22(8-9-22)26-14-21(27)20(25)7-6-16-11-18(23)13-19(24)12-16/h1,3-5,10-13,20-21,26-27H,6-9,14,25H2/t20-,21+/m0/s1. The minimum Gasteiger partial charge on any atom is -0.390 e. The Hall–Kier alpha value is -2.26. The van der Waals surface area contributed by atoms with Gasteiger partial charge in [-0.05, 0) is 61.1 Å². The van der Waals surface area contributed by atoms with Crippen molar-refractivity contribution >= 4 is 0 Å². The van der Waals surface area contributed by atoms with Crippen LogP contribution in [0.2, 0.25) is 0 Å². The maximum absolute atomic E-state index is 13.2. The van der Waals surface area contributed by atoms with Crippen LogP contribution in [0.1, 0.15) is 36.0 Å². The number of aliphatic hydroxyl groups excluding tert-OH is 1. The molecular weight excluding hydrogens is 346 g/mol. The molecule has 1 aliphatic rings. The van der Waals surface area contributed by atoms with Crippen LogP contribution < -0.4 is 11.1 Å². The first-order valence-corrected chi connectivity index (χ1v) is 9.13. The Balaban J connectivity index is 1.52. The van der Waals surface area contributed by atoms with E-state index in [0.29, 0.717) is 24.9 Å². The summed E-state index contributed by atoms with van der Waals surface area (Å²) in [4.78, 5) is 0. The lowest BCUT2D eigenvalue weighted by Crippen LogP contribution is -2.45. The third kappa shape index (κ3) is 4.92. The van der Waals surface area contributed by atoms with E-state index >= 15 is 0 Å². The van der Waals surface area contributed by atoms with E-state index < -0.39 is 23.8 Å². The zero-order valence-electron chi connectivity index (χ0n) is 15.1. The fraction of sp³-hybridized carbons (Fsp3) is 0.364. The second-order valence-corrected chi connectivity index (χ2v) is 7.24. The summed E-state index contributed by atoms with van der Waals surface area (Å²) in [5.74, 6) is 1.43. The molecule has 2 atom stereocenters. The van der Waals surface area contributed by atoms with Gasteiger partial charge in [-0.25, -0.2) is 8.78 Å². The molecule has 1 fully saturated rings. The fourth-order valence-electron chi connectivity index (χ4n) is 3.33. The number of hydrogen-bond donors (Lipinski definition) is 3. The van der Waals surface area contributed by atoms with E-state index in [1.54, 1.807) is 0 Å². The summed E-state index contributed by atoms with van der Waals surface area (Å²) >= 11 is 0. The molecule has 0 radical (unpaired) electrons. The molecular formula is C22H24F2N2O. The van der Waals surface area contributed by atoms with Gasteiger partial charge in [0.2, 0.25) is 0 Å². The molecule has 5 heteroatoms. The Labute approximate surface area is 158 Å². The lowest BCUT2D eigenvalue weighted by Gasteiger charge is -2.24. The molecule has 0 amide bonds. The highest BCUT2D eigenvalue weighted by molar-refractivity contribution is 5.40. The van der Waals surface area contributed by atoms with Crippen LogP contribution in [-0.4, -0.2) is 23.8 Å². The predicted molar refractivity (Wildman–Crippen MR) is 102 cm³/mol. The molecule has 142 valence electrons. The van der Waals surface area contributed by atoms with Gasteiger partial charge in [-0.3, -0.25) is 0 Å².